The zero-order valence-electron chi connectivity index (χ0n) is 14.7. The first kappa shape index (κ1) is 19.0. The van der Waals surface area contributed by atoms with E-state index in [4.69, 9.17) is 9.26 Å². The lowest BCUT2D eigenvalue weighted by Crippen LogP contribution is -2.13. The van der Waals surface area contributed by atoms with Gasteiger partial charge in [-0.15, -0.1) is 11.3 Å². The van der Waals surface area contributed by atoms with Crippen LogP contribution in [-0.4, -0.2) is 28.4 Å². The number of benzene rings is 1. The highest BCUT2D eigenvalue weighted by atomic mass is 32.2. The summed E-state index contributed by atoms with van der Waals surface area (Å²) in [6, 6.07) is 6.28. The van der Waals surface area contributed by atoms with Crippen LogP contribution in [0.25, 0.3) is 11.5 Å². The summed E-state index contributed by atoms with van der Waals surface area (Å²) in [6.07, 6.45) is 0.663. The van der Waals surface area contributed by atoms with E-state index in [2.05, 4.69) is 15.5 Å². The first-order chi connectivity index (χ1) is 13.5. The van der Waals surface area contributed by atoms with Gasteiger partial charge in [0.15, 0.2) is 5.82 Å². The summed E-state index contributed by atoms with van der Waals surface area (Å²) in [6.45, 7) is 2.71. The SMILES string of the molecule is Cc1noc(-c2c(NC(=O)c3ccccc3SC(F)F)sc3c2CCOC3)n1. The number of anilines is 1. The highest BCUT2D eigenvalue weighted by molar-refractivity contribution is 7.99. The molecular weight excluding hydrogens is 408 g/mol. The van der Waals surface area contributed by atoms with Crippen LogP contribution in [0, 0.1) is 6.92 Å². The molecule has 1 aliphatic heterocycles. The third kappa shape index (κ3) is 3.80. The number of thioether (sulfide) groups is 1. The molecule has 1 N–H and O–H groups in total. The van der Waals surface area contributed by atoms with E-state index in [1.807, 2.05) is 0 Å². The molecule has 4 rings (SSSR count). The van der Waals surface area contributed by atoms with Crippen molar-refractivity contribution in [2.45, 2.75) is 30.6 Å². The lowest BCUT2D eigenvalue weighted by molar-refractivity contribution is 0.102. The van der Waals surface area contributed by atoms with Crippen molar-refractivity contribution < 1.29 is 22.8 Å². The topological polar surface area (TPSA) is 77.2 Å². The number of hydrogen-bond donors (Lipinski definition) is 1. The van der Waals surface area contributed by atoms with Crippen LogP contribution in [0.5, 0.6) is 0 Å². The van der Waals surface area contributed by atoms with E-state index in [1.54, 1.807) is 19.1 Å². The normalized spacial score (nSPS) is 13.6. The van der Waals surface area contributed by atoms with Gasteiger partial charge in [-0.2, -0.15) is 13.8 Å². The highest BCUT2D eigenvalue weighted by Crippen LogP contribution is 2.43. The molecule has 6 nitrogen and oxygen atoms in total. The maximum absolute atomic E-state index is 12.9. The van der Waals surface area contributed by atoms with Crippen LogP contribution < -0.4 is 5.32 Å². The molecule has 3 aromatic rings. The number of thiophene rings is 1. The number of carbonyl (C=O) groups excluding carboxylic acids is 1. The molecule has 0 spiro atoms. The number of fused-ring (bicyclic) bond motifs is 1. The van der Waals surface area contributed by atoms with Crippen LogP contribution in [0.15, 0.2) is 33.7 Å². The van der Waals surface area contributed by atoms with Gasteiger partial charge in [0.25, 0.3) is 17.6 Å². The molecular formula is C18H15F2N3O3S2. The Bertz CT molecular complexity index is 1020. The number of hydrogen-bond acceptors (Lipinski definition) is 7. The summed E-state index contributed by atoms with van der Waals surface area (Å²) in [5, 5.41) is 7.22. The van der Waals surface area contributed by atoms with Gasteiger partial charge in [0.2, 0.25) is 0 Å². The molecule has 3 heterocycles. The van der Waals surface area contributed by atoms with Crippen molar-refractivity contribution in [3.8, 4) is 11.5 Å². The average molecular weight is 423 g/mol. The van der Waals surface area contributed by atoms with Gasteiger partial charge in [-0.05, 0) is 31.0 Å². The first-order valence-electron chi connectivity index (χ1n) is 8.41. The van der Waals surface area contributed by atoms with E-state index in [1.165, 1.54) is 23.5 Å². The van der Waals surface area contributed by atoms with Gasteiger partial charge in [0, 0.05) is 9.77 Å². The molecule has 0 saturated carbocycles. The summed E-state index contributed by atoms with van der Waals surface area (Å²) >= 11 is 1.71. The minimum absolute atomic E-state index is 0.183. The number of halogens is 2. The predicted molar refractivity (Wildman–Crippen MR) is 102 cm³/mol. The van der Waals surface area contributed by atoms with Crippen molar-refractivity contribution >= 4 is 34.0 Å². The van der Waals surface area contributed by atoms with Gasteiger partial charge in [0.1, 0.15) is 5.00 Å². The largest absolute Gasteiger partial charge is 0.376 e. The molecule has 0 saturated heterocycles. The Morgan fingerprint density at radius 3 is 2.93 bits per heavy atom. The molecule has 1 amide bonds. The summed E-state index contributed by atoms with van der Waals surface area (Å²) in [4.78, 5) is 18.3. The molecule has 0 fully saturated rings. The van der Waals surface area contributed by atoms with Crippen LogP contribution in [0.2, 0.25) is 0 Å². The van der Waals surface area contributed by atoms with E-state index < -0.39 is 11.7 Å². The van der Waals surface area contributed by atoms with Crippen molar-refractivity contribution in [2.75, 3.05) is 11.9 Å². The second kappa shape index (κ2) is 7.98. The first-order valence-corrected chi connectivity index (χ1v) is 10.1. The Balaban J connectivity index is 1.71. The summed E-state index contributed by atoms with van der Waals surface area (Å²) in [5.74, 6) is -2.28. The van der Waals surface area contributed by atoms with Gasteiger partial charge in [-0.3, -0.25) is 4.79 Å². The minimum Gasteiger partial charge on any atom is -0.376 e. The van der Waals surface area contributed by atoms with Crippen LogP contribution in [0.4, 0.5) is 13.8 Å². The van der Waals surface area contributed by atoms with Crippen molar-refractivity contribution in [1.82, 2.24) is 10.1 Å². The fourth-order valence-corrected chi connectivity index (χ4v) is 4.78. The van der Waals surface area contributed by atoms with Crippen LogP contribution in [0.1, 0.15) is 26.6 Å². The number of ether oxygens (including phenoxy) is 1. The van der Waals surface area contributed by atoms with Gasteiger partial charge >= 0.3 is 0 Å². The zero-order chi connectivity index (χ0) is 19.7. The van der Waals surface area contributed by atoms with E-state index >= 15 is 0 Å². The number of rotatable bonds is 5. The third-order valence-electron chi connectivity index (χ3n) is 4.14. The summed E-state index contributed by atoms with van der Waals surface area (Å²) < 4.78 is 36.5. The Hall–Kier alpha value is -2.30. The van der Waals surface area contributed by atoms with Crippen LogP contribution in [0.3, 0.4) is 0 Å². The van der Waals surface area contributed by atoms with Gasteiger partial charge < -0.3 is 14.6 Å². The fourth-order valence-electron chi connectivity index (χ4n) is 2.97. The quantitative estimate of drug-likeness (QED) is 0.597. The second-order valence-corrected chi connectivity index (χ2v) is 8.12. The van der Waals surface area contributed by atoms with Gasteiger partial charge in [-0.25, -0.2) is 0 Å². The lowest BCUT2D eigenvalue weighted by atomic mass is 10.1. The maximum Gasteiger partial charge on any atom is 0.288 e. The van der Waals surface area contributed by atoms with Gasteiger partial charge in [0.05, 0.1) is 24.3 Å². The minimum atomic E-state index is -2.61. The number of alkyl halides is 2. The highest BCUT2D eigenvalue weighted by Gasteiger charge is 2.27. The van der Waals surface area contributed by atoms with Crippen molar-refractivity contribution in [1.29, 1.82) is 0 Å². The van der Waals surface area contributed by atoms with Crippen molar-refractivity contribution in [2.24, 2.45) is 0 Å². The van der Waals surface area contributed by atoms with E-state index in [-0.39, 0.29) is 10.5 Å². The number of carbonyl (C=O) groups is 1. The average Bonchev–Trinajstić information content (AvgIpc) is 3.24. The standard InChI is InChI=1S/C18H15F2N3O3S2/c1-9-21-16(26-23-9)14-10-6-7-25-8-13(10)27-17(14)22-15(24)11-4-2-3-5-12(11)28-18(19)20/h2-5,18H,6-8H2,1H3,(H,22,24). The lowest BCUT2D eigenvalue weighted by Gasteiger charge is -2.12. The predicted octanol–water partition coefficient (Wildman–Crippen LogP) is 4.75. The fraction of sp³-hybridized carbons (Fsp3) is 0.278. The Morgan fingerprint density at radius 1 is 1.36 bits per heavy atom. The maximum atomic E-state index is 12.9. The Morgan fingerprint density at radius 2 is 2.18 bits per heavy atom. The Kier molecular flexibility index (Phi) is 5.42. The molecule has 0 atom stereocenters. The van der Waals surface area contributed by atoms with Crippen LogP contribution >= 0.6 is 23.1 Å². The number of nitrogens with zero attached hydrogens (tertiary/aromatic N) is 2. The molecule has 1 aliphatic rings. The molecule has 2 aromatic heterocycles. The summed E-state index contributed by atoms with van der Waals surface area (Å²) in [5.41, 5.74) is 1.87. The van der Waals surface area contributed by atoms with Crippen molar-refractivity contribution in [3.05, 3.63) is 46.1 Å². The molecule has 28 heavy (non-hydrogen) atoms. The molecule has 1 aromatic carbocycles. The monoisotopic (exact) mass is 423 g/mol. The molecule has 0 unspecified atom stereocenters. The van der Waals surface area contributed by atoms with E-state index in [0.717, 1.165) is 10.4 Å². The molecule has 0 bridgehead atoms. The number of aromatic nitrogens is 2. The Labute approximate surface area is 167 Å². The third-order valence-corrected chi connectivity index (χ3v) is 6.05. The summed E-state index contributed by atoms with van der Waals surface area (Å²) in [7, 11) is 0. The number of aryl methyl sites for hydroxylation is 1. The molecule has 10 heteroatoms. The van der Waals surface area contributed by atoms with E-state index in [0.29, 0.717) is 53.7 Å². The smallest absolute Gasteiger partial charge is 0.288 e. The number of amides is 1. The van der Waals surface area contributed by atoms with Crippen molar-refractivity contribution in [3.63, 3.8) is 0 Å². The molecule has 0 radical (unpaired) electrons. The molecule has 0 aliphatic carbocycles. The molecule has 146 valence electrons. The van der Waals surface area contributed by atoms with Gasteiger partial charge in [-0.1, -0.05) is 29.1 Å². The second-order valence-electron chi connectivity index (χ2n) is 5.99. The zero-order valence-corrected chi connectivity index (χ0v) is 16.3. The van der Waals surface area contributed by atoms with E-state index in [9.17, 15) is 13.6 Å². The van der Waals surface area contributed by atoms with Crippen LogP contribution in [-0.2, 0) is 17.8 Å². The number of nitrogens with one attached hydrogen (secondary N) is 1.